The van der Waals surface area contributed by atoms with E-state index in [9.17, 15) is 13.2 Å². The molecule has 0 unspecified atom stereocenters. The van der Waals surface area contributed by atoms with Crippen LogP contribution >= 0.6 is 11.3 Å². The smallest absolute Gasteiger partial charge is 0.274 e. The number of rotatable bonds is 5. The van der Waals surface area contributed by atoms with E-state index in [0.29, 0.717) is 36.0 Å². The van der Waals surface area contributed by atoms with Crippen LogP contribution in [-0.4, -0.2) is 55.0 Å². The Hall–Kier alpha value is -2.79. The predicted octanol–water partition coefficient (Wildman–Crippen LogP) is 2.44. The highest BCUT2D eigenvalue weighted by Crippen LogP contribution is 2.31. The van der Waals surface area contributed by atoms with Crippen LogP contribution in [0.25, 0.3) is 10.6 Å². The third-order valence-electron chi connectivity index (χ3n) is 4.93. The standard InChI is InChI=1S/C20H20N4O4S2/c25-20(22-26)15-4-6-16(7-5-15)23-11-13-24(14-12-23)30(27,28)19-9-8-18(29-19)17-3-1-2-10-21-17/h1-10,26H,11-14H2,(H,22,25). The Morgan fingerprint density at radius 1 is 1.00 bits per heavy atom. The van der Waals surface area contributed by atoms with Crippen LogP contribution in [0.2, 0.25) is 0 Å². The second-order valence-electron chi connectivity index (χ2n) is 6.71. The van der Waals surface area contributed by atoms with Crippen LogP contribution in [0.5, 0.6) is 0 Å². The van der Waals surface area contributed by atoms with Gasteiger partial charge in [0.25, 0.3) is 15.9 Å². The first-order valence-corrected chi connectivity index (χ1v) is 11.6. The first kappa shape index (κ1) is 20.5. The molecular formula is C20H20N4O4S2. The van der Waals surface area contributed by atoms with Gasteiger partial charge < -0.3 is 4.90 Å². The summed E-state index contributed by atoms with van der Waals surface area (Å²) in [7, 11) is -3.56. The van der Waals surface area contributed by atoms with E-state index in [1.54, 1.807) is 48.1 Å². The Labute approximate surface area is 178 Å². The molecule has 4 rings (SSSR count). The van der Waals surface area contributed by atoms with E-state index in [4.69, 9.17) is 5.21 Å². The van der Waals surface area contributed by atoms with Crippen molar-refractivity contribution in [1.82, 2.24) is 14.8 Å². The maximum absolute atomic E-state index is 13.1. The van der Waals surface area contributed by atoms with Gasteiger partial charge >= 0.3 is 0 Å². The lowest BCUT2D eigenvalue weighted by molar-refractivity contribution is 0.0706. The monoisotopic (exact) mass is 444 g/mol. The van der Waals surface area contributed by atoms with Crippen LogP contribution in [-0.2, 0) is 10.0 Å². The molecule has 2 aromatic heterocycles. The number of hydrogen-bond donors (Lipinski definition) is 2. The Bertz CT molecular complexity index is 1120. The van der Waals surface area contributed by atoms with Gasteiger partial charge in [-0.2, -0.15) is 4.31 Å². The van der Waals surface area contributed by atoms with Gasteiger partial charge in [0.1, 0.15) is 4.21 Å². The summed E-state index contributed by atoms with van der Waals surface area (Å²) in [5.41, 5.74) is 3.61. The van der Waals surface area contributed by atoms with Crippen molar-refractivity contribution in [3.8, 4) is 10.6 Å². The minimum absolute atomic E-state index is 0.316. The number of nitrogens with zero attached hydrogens (tertiary/aromatic N) is 3. The zero-order chi connectivity index (χ0) is 21.1. The number of benzene rings is 1. The Morgan fingerprint density at radius 2 is 1.73 bits per heavy atom. The molecule has 0 atom stereocenters. The van der Waals surface area contributed by atoms with E-state index in [2.05, 4.69) is 9.88 Å². The number of pyridine rings is 1. The molecule has 0 radical (unpaired) electrons. The number of carbonyl (C=O) groups is 1. The number of piperazine rings is 1. The highest BCUT2D eigenvalue weighted by Gasteiger charge is 2.30. The van der Waals surface area contributed by atoms with Crippen LogP contribution < -0.4 is 10.4 Å². The Kier molecular flexibility index (Phi) is 5.82. The van der Waals surface area contributed by atoms with E-state index < -0.39 is 15.9 Å². The predicted molar refractivity (Wildman–Crippen MR) is 114 cm³/mol. The first-order chi connectivity index (χ1) is 14.5. The molecule has 0 saturated carbocycles. The SMILES string of the molecule is O=C(NO)c1ccc(N2CCN(S(=O)(=O)c3ccc(-c4ccccn4)s3)CC2)cc1. The number of thiophene rings is 1. The van der Waals surface area contributed by atoms with E-state index in [1.807, 2.05) is 18.2 Å². The first-order valence-electron chi connectivity index (χ1n) is 9.30. The molecule has 1 aromatic carbocycles. The van der Waals surface area contributed by atoms with Crippen LogP contribution in [0.1, 0.15) is 10.4 Å². The van der Waals surface area contributed by atoms with Crippen LogP contribution in [0.3, 0.4) is 0 Å². The van der Waals surface area contributed by atoms with Crippen molar-refractivity contribution in [2.45, 2.75) is 4.21 Å². The zero-order valence-corrected chi connectivity index (χ0v) is 17.6. The number of amides is 1. The minimum Gasteiger partial charge on any atom is -0.369 e. The molecule has 1 aliphatic heterocycles. The van der Waals surface area contributed by atoms with E-state index in [1.165, 1.54) is 15.6 Å². The molecule has 0 spiro atoms. The molecule has 1 saturated heterocycles. The maximum Gasteiger partial charge on any atom is 0.274 e. The molecule has 1 aliphatic rings. The average Bonchev–Trinajstić information content (AvgIpc) is 3.31. The normalized spacial score (nSPS) is 15.2. The van der Waals surface area contributed by atoms with Crippen LogP contribution in [0.4, 0.5) is 5.69 Å². The molecule has 3 aromatic rings. The zero-order valence-electron chi connectivity index (χ0n) is 15.9. The molecule has 0 aliphatic carbocycles. The van der Waals surface area contributed by atoms with Gasteiger partial charge in [0.15, 0.2) is 0 Å². The quantitative estimate of drug-likeness (QED) is 0.463. The van der Waals surface area contributed by atoms with Crippen molar-refractivity contribution in [1.29, 1.82) is 0 Å². The highest BCUT2D eigenvalue weighted by molar-refractivity contribution is 7.91. The van der Waals surface area contributed by atoms with Crippen LogP contribution in [0, 0.1) is 0 Å². The van der Waals surface area contributed by atoms with Crippen molar-refractivity contribution >= 4 is 33.0 Å². The number of aromatic nitrogens is 1. The topological polar surface area (TPSA) is 103 Å². The summed E-state index contributed by atoms with van der Waals surface area (Å²) in [4.78, 5) is 18.6. The second-order valence-corrected chi connectivity index (χ2v) is 9.96. The molecule has 30 heavy (non-hydrogen) atoms. The average molecular weight is 445 g/mol. The maximum atomic E-state index is 13.1. The van der Waals surface area contributed by atoms with Crippen molar-refractivity contribution < 1.29 is 18.4 Å². The van der Waals surface area contributed by atoms with Gasteiger partial charge in [0.2, 0.25) is 0 Å². The third-order valence-corrected chi connectivity index (χ3v) is 8.40. The molecule has 10 heteroatoms. The molecule has 1 amide bonds. The van der Waals surface area contributed by atoms with Crippen molar-refractivity contribution in [3.05, 3.63) is 66.4 Å². The number of hydroxylamine groups is 1. The summed E-state index contributed by atoms with van der Waals surface area (Å²) < 4.78 is 27.9. The van der Waals surface area contributed by atoms with Crippen molar-refractivity contribution in [2.24, 2.45) is 0 Å². The highest BCUT2D eigenvalue weighted by atomic mass is 32.2. The lowest BCUT2D eigenvalue weighted by Crippen LogP contribution is -2.48. The molecule has 3 heterocycles. The van der Waals surface area contributed by atoms with Crippen molar-refractivity contribution in [3.63, 3.8) is 0 Å². The number of sulfonamides is 1. The summed E-state index contributed by atoms with van der Waals surface area (Å²) in [5.74, 6) is -0.571. The minimum atomic E-state index is -3.56. The number of carbonyl (C=O) groups excluding carboxylic acids is 1. The fourth-order valence-corrected chi connectivity index (χ4v) is 6.17. The summed E-state index contributed by atoms with van der Waals surface area (Å²) in [6, 6.07) is 15.8. The number of hydrogen-bond acceptors (Lipinski definition) is 7. The van der Waals surface area contributed by atoms with E-state index >= 15 is 0 Å². The molecule has 8 nitrogen and oxygen atoms in total. The fourth-order valence-electron chi connectivity index (χ4n) is 3.31. The molecule has 0 bridgehead atoms. The van der Waals surface area contributed by atoms with Gasteiger partial charge in [-0.25, -0.2) is 13.9 Å². The molecular weight excluding hydrogens is 424 g/mol. The van der Waals surface area contributed by atoms with Gasteiger partial charge in [-0.05, 0) is 48.5 Å². The van der Waals surface area contributed by atoms with E-state index in [-0.39, 0.29) is 0 Å². The fraction of sp³-hybridized carbons (Fsp3) is 0.200. The van der Waals surface area contributed by atoms with Gasteiger partial charge in [-0.1, -0.05) is 6.07 Å². The summed E-state index contributed by atoms with van der Waals surface area (Å²) >= 11 is 1.23. The van der Waals surface area contributed by atoms with Gasteiger partial charge in [-0.3, -0.25) is 15.0 Å². The number of nitrogens with one attached hydrogen (secondary N) is 1. The second kappa shape index (κ2) is 8.52. The lowest BCUT2D eigenvalue weighted by Gasteiger charge is -2.35. The van der Waals surface area contributed by atoms with Crippen LogP contribution in [0.15, 0.2) is 65.0 Å². The summed E-state index contributed by atoms with van der Waals surface area (Å²) in [6.45, 7) is 1.84. The van der Waals surface area contributed by atoms with Crippen molar-refractivity contribution in [2.75, 3.05) is 31.1 Å². The summed E-state index contributed by atoms with van der Waals surface area (Å²) in [6.07, 6.45) is 1.69. The molecule has 1 fully saturated rings. The van der Waals surface area contributed by atoms with Gasteiger partial charge in [-0.15, -0.1) is 11.3 Å². The lowest BCUT2D eigenvalue weighted by atomic mass is 10.2. The largest absolute Gasteiger partial charge is 0.369 e. The Morgan fingerprint density at radius 3 is 2.37 bits per heavy atom. The van der Waals surface area contributed by atoms with Gasteiger partial charge in [0.05, 0.1) is 10.6 Å². The molecule has 2 N–H and O–H groups in total. The Balaban J connectivity index is 1.43. The third kappa shape index (κ3) is 4.08. The number of anilines is 1. The molecule has 156 valence electrons. The summed E-state index contributed by atoms with van der Waals surface area (Å²) in [5, 5.41) is 8.70. The van der Waals surface area contributed by atoms with Gasteiger partial charge in [0, 0.05) is 43.6 Å². The van der Waals surface area contributed by atoms with E-state index in [0.717, 1.165) is 16.3 Å².